The number of hydrogen-bond acceptors (Lipinski definition) is 2. The van der Waals surface area contributed by atoms with Gasteiger partial charge in [-0.25, -0.2) is 0 Å². The van der Waals surface area contributed by atoms with Crippen molar-refractivity contribution in [2.24, 2.45) is 0 Å². The fourth-order valence-corrected chi connectivity index (χ4v) is 2.30. The molecule has 5 heteroatoms. The maximum Gasteiger partial charge on any atom is 0.264 e. The third kappa shape index (κ3) is 3.22. The van der Waals surface area contributed by atoms with Gasteiger partial charge < -0.3 is 9.30 Å². The van der Waals surface area contributed by atoms with E-state index in [0.29, 0.717) is 24.2 Å². The highest BCUT2D eigenvalue weighted by Crippen LogP contribution is 2.12. The van der Waals surface area contributed by atoms with Crippen LogP contribution in [0.4, 0.5) is 0 Å². The SMILES string of the molecule is CCOCCn1cc(Br)cc(Br)c1=O. The Labute approximate surface area is 99.3 Å². The summed E-state index contributed by atoms with van der Waals surface area (Å²) in [6.45, 7) is 3.73. The third-order valence-electron chi connectivity index (χ3n) is 1.69. The van der Waals surface area contributed by atoms with E-state index in [-0.39, 0.29) is 5.56 Å². The van der Waals surface area contributed by atoms with E-state index in [0.717, 1.165) is 4.47 Å². The molecule has 0 radical (unpaired) electrons. The highest BCUT2D eigenvalue weighted by atomic mass is 79.9. The quantitative estimate of drug-likeness (QED) is 0.796. The minimum Gasteiger partial charge on any atom is -0.380 e. The molecule has 0 aromatic carbocycles. The second kappa shape index (κ2) is 5.68. The number of nitrogens with zero attached hydrogens (tertiary/aromatic N) is 1. The number of pyridine rings is 1. The van der Waals surface area contributed by atoms with E-state index in [1.165, 1.54) is 0 Å². The van der Waals surface area contributed by atoms with Gasteiger partial charge in [0.15, 0.2) is 0 Å². The molecule has 1 aromatic heterocycles. The summed E-state index contributed by atoms with van der Waals surface area (Å²) >= 11 is 6.53. The minimum absolute atomic E-state index is 0.0343. The molecule has 1 aromatic rings. The molecule has 0 saturated carbocycles. The van der Waals surface area contributed by atoms with Crippen molar-refractivity contribution in [2.75, 3.05) is 13.2 Å². The zero-order chi connectivity index (χ0) is 10.6. The van der Waals surface area contributed by atoms with Gasteiger partial charge in [-0.1, -0.05) is 0 Å². The minimum atomic E-state index is -0.0343. The molecule has 0 aliphatic heterocycles. The van der Waals surface area contributed by atoms with Crippen LogP contribution >= 0.6 is 31.9 Å². The average Bonchev–Trinajstić information content (AvgIpc) is 2.13. The molecule has 3 nitrogen and oxygen atoms in total. The largest absolute Gasteiger partial charge is 0.380 e. The Kier molecular flexibility index (Phi) is 4.84. The van der Waals surface area contributed by atoms with Crippen molar-refractivity contribution in [1.82, 2.24) is 4.57 Å². The zero-order valence-corrected chi connectivity index (χ0v) is 11.0. The Morgan fingerprint density at radius 3 is 2.86 bits per heavy atom. The van der Waals surface area contributed by atoms with Gasteiger partial charge in [-0.3, -0.25) is 4.79 Å². The summed E-state index contributed by atoms with van der Waals surface area (Å²) < 4.78 is 8.23. The highest BCUT2D eigenvalue weighted by Gasteiger charge is 2.02. The lowest BCUT2D eigenvalue weighted by molar-refractivity contribution is 0.138. The Morgan fingerprint density at radius 2 is 2.21 bits per heavy atom. The summed E-state index contributed by atoms with van der Waals surface area (Å²) in [5, 5.41) is 0. The molecule has 0 N–H and O–H groups in total. The van der Waals surface area contributed by atoms with Crippen molar-refractivity contribution in [2.45, 2.75) is 13.5 Å². The first-order valence-corrected chi connectivity index (χ1v) is 5.87. The molecular weight excluding hydrogens is 314 g/mol. The second-order valence-electron chi connectivity index (χ2n) is 2.70. The van der Waals surface area contributed by atoms with E-state index in [9.17, 15) is 4.79 Å². The van der Waals surface area contributed by atoms with Gasteiger partial charge in [-0.2, -0.15) is 0 Å². The maximum absolute atomic E-state index is 11.6. The topological polar surface area (TPSA) is 31.2 Å². The zero-order valence-electron chi connectivity index (χ0n) is 7.80. The number of hydrogen-bond donors (Lipinski definition) is 0. The normalized spacial score (nSPS) is 10.5. The van der Waals surface area contributed by atoms with Crippen LogP contribution in [0.2, 0.25) is 0 Å². The van der Waals surface area contributed by atoms with Gasteiger partial charge in [0.1, 0.15) is 0 Å². The summed E-state index contributed by atoms with van der Waals surface area (Å²) in [6.07, 6.45) is 1.76. The molecule has 1 heterocycles. The van der Waals surface area contributed by atoms with Crippen LogP contribution in [0.3, 0.4) is 0 Å². The summed E-state index contributed by atoms with van der Waals surface area (Å²) in [5.41, 5.74) is -0.0343. The Bertz CT molecular complexity index is 362. The summed E-state index contributed by atoms with van der Waals surface area (Å²) in [7, 11) is 0. The molecule has 0 spiro atoms. The first-order valence-electron chi connectivity index (χ1n) is 4.28. The average molecular weight is 325 g/mol. The van der Waals surface area contributed by atoms with E-state index in [2.05, 4.69) is 31.9 Å². The van der Waals surface area contributed by atoms with Crippen LogP contribution in [-0.4, -0.2) is 17.8 Å². The Hall–Kier alpha value is -0.130. The van der Waals surface area contributed by atoms with E-state index >= 15 is 0 Å². The van der Waals surface area contributed by atoms with Crippen LogP contribution in [0.5, 0.6) is 0 Å². The van der Waals surface area contributed by atoms with Gasteiger partial charge in [0, 0.05) is 23.8 Å². The summed E-state index contributed by atoms with van der Waals surface area (Å²) in [6, 6.07) is 1.74. The lowest BCUT2D eigenvalue weighted by atomic mass is 10.4. The van der Waals surface area contributed by atoms with Crippen molar-refractivity contribution in [3.8, 4) is 0 Å². The van der Waals surface area contributed by atoms with Gasteiger partial charge >= 0.3 is 0 Å². The van der Waals surface area contributed by atoms with Crippen molar-refractivity contribution >= 4 is 31.9 Å². The third-order valence-corrected chi connectivity index (χ3v) is 2.69. The molecule has 0 aliphatic rings. The van der Waals surface area contributed by atoms with Crippen molar-refractivity contribution in [3.63, 3.8) is 0 Å². The van der Waals surface area contributed by atoms with Crippen LogP contribution < -0.4 is 5.56 Å². The molecule has 0 fully saturated rings. The van der Waals surface area contributed by atoms with Gasteiger partial charge in [-0.05, 0) is 44.8 Å². The van der Waals surface area contributed by atoms with E-state index in [4.69, 9.17) is 4.74 Å². The number of aromatic nitrogens is 1. The molecule has 14 heavy (non-hydrogen) atoms. The van der Waals surface area contributed by atoms with Crippen LogP contribution in [-0.2, 0) is 11.3 Å². The fourth-order valence-electron chi connectivity index (χ4n) is 1.04. The smallest absolute Gasteiger partial charge is 0.264 e. The molecule has 0 unspecified atom stereocenters. The fraction of sp³-hybridized carbons (Fsp3) is 0.444. The van der Waals surface area contributed by atoms with Crippen molar-refractivity contribution < 1.29 is 4.74 Å². The van der Waals surface area contributed by atoms with E-state index in [1.807, 2.05) is 6.92 Å². The second-order valence-corrected chi connectivity index (χ2v) is 4.47. The summed E-state index contributed by atoms with van der Waals surface area (Å²) in [5.74, 6) is 0. The van der Waals surface area contributed by atoms with Crippen molar-refractivity contribution in [1.29, 1.82) is 0 Å². The molecule has 0 bridgehead atoms. The number of rotatable bonds is 4. The van der Waals surface area contributed by atoms with E-state index < -0.39 is 0 Å². The van der Waals surface area contributed by atoms with Gasteiger partial charge in [0.05, 0.1) is 11.1 Å². The predicted octanol–water partition coefficient (Wildman–Crippen LogP) is 2.41. The van der Waals surface area contributed by atoms with Crippen LogP contribution in [0.25, 0.3) is 0 Å². The molecule has 78 valence electrons. The maximum atomic E-state index is 11.6. The molecule has 0 amide bonds. The van der Waals surface area contributed by atoms with Gasteiger partial charge in [0.25, 0.3) is 5.56 Å². The number of halogens is 2. The molecule has 0 saturated heterocycles. The monoisotopic (exact) mass is 323 g/mol. The number of ether oxygens (including phenoxy) is 1. The predicted molar refractivity (Wildman–Crippen MR) is 62.6 cm³/mol. The molecular formula is C9H11Br2NO2. The van der Waals surface area contributed by atoms with Crippen LogP contribution in [0.15, 0.2) is 26.0 Å². The highest BCUT2D eigenvalue weighted by molar-refractivity contribution is 9.11. The van der Waals surface area contributed by atoms with E-state index in [1.54, 1.807) is 16.8 Å². The lowest BCUT2D eigenvalue weighted by Gasteiger charge is -2.06. The van der Waals surface area contributed by atoms with Crippen molar-refractivity contribution in [3.05, 3.63) is 31.6 Å². The molecule has 0 atom stereocenters. The molecule has 1 rings (SSSR count). The lowest BCUT2D eigenvalue weighted by Crippen LogP contribution is -2.22. The van der Waals surface area contributed by atoms with Crippen LogP contribution in [0.1, 0.15) is 6.92 Å². The Morgan fingerprint density at radius 1 is 1.50 bits per heavy atom. The van der Waals surface area contributed by atoms with Gasteiger partial charge in [0.2, 0.25) is 0 Å². The molecule has 0 aliphatic carbocycles. The Balaban J connectivity index is 2.81. The first kappa shape index (κ1) is 11.9. The first-order chi connectivity index (χ1) is 6.65. The summed E-state index contributed by atoms with van der Waals surface area (Å²) in [4.78, 5) is 11.6. The van der Waals surface area contributed by atoms with Gasteiger partial charge in [-0.15, -0.1) is 0 Å². The standard InChI is InChI=1S/C9H11Br2NO2/c1-2-14-4-3-12-6-7(10)5-8(11)9(12)13/h5-6H,2-4H2,1H3. The van der Waals surface area contributed by atoms with Crippen LogP contribution in [0, 0.1) is 0 Å².